The van der Waals surface area contributed by atoms with Gasteiger partial charge in [-0.05, 0) is 105 Å². The molecule has 0 amide bonds. The molecule has 0 N–H and O–H groups in total. The standard InChI is InChI=1S/C21H25NO5.C19H25NO7.C18H22F3NO5.C18H25NO5.C17H23NO5/c1-5-17-12(2)19(25-13(3)23)21(26-14(4)24)20(27-17)18-16-9-7-6-8-15(16)10-11-22-18;1-6-15-10(2)16(25-11(3)21)18(26-12(4)22)17(27-15)14-9-13(7-8-20-14)19(23)24-5;1-5-14-9(2)15(25-10(3)23)17(26-11(4)24)16(27-14)13-8-12(6-7-22-13)18(19,20)21;1-6-15-11(3)16(22-12(4)20)18(23-13(5)21)17(24-15)14-9-10(2)7-8-19-14;1-5-14-10(2)15(21-11(3)19)17(22-12(4)20)16(23-14)13-8-6-7-9-18-13/h6-12,17,19-21H,5H2,1-4H3;7-10,15-18H,6H2,1-5H3;6-9,14-17H,5H2,1-4H3;7-9,11,15-18H,6H2,1-5H3;6-10,14-17H,5H2,1-4H3/t12-,17-,19+,20-,21-;10-,15-,16+,17-,18-;9-,14-,15+,16-,17-;11-,15-,16+,17-,18-;10-,14-,15+,16-,17-/m11111/s1. The minimum Gasteiger partial charge on any atom is -0.465 e. The minimum absolute atomic E-state index is 0.0430. The van der Waals surface area contributed by atoms with Crippen molar-refractivity contribution in [2.75, 3.05) is 7.11 Å². The van der Waals surface area contributed by atoms with Gasteiger partial charge in [-0.3, -0.25) is 72.9 Å². The summed E-state index contributed by atoms with van der Waals surface area (Å²) in [5.74, 6) is -6.16. The summed E-state index contributed by atoms with van der Waals surface area (Å²) < 4.78 is 129. The first-order valence-electron chi connectivity index (χ1n) is 42.7. The Morgan fingerprint density at radius 1 is 0.328 bits per heavy atom. The third-order valence-corrected chi connectivity index (χ3v) is 22.3. The molecule has 35 heteroatoms. The number of nitrogens with zero attached hydrogens (tertiary/aromatic N) is 5. The Kier molecular flexibility index (Phi) is 39.4. The molecule has 0 spiro atoms. The summed E-state index contributed by atoms with van der Waals surface area (Å²) in [5.41, 5.74) is 2.79. The van der Waals surface area contributed by atoms with Crippen molar-refractivity contribution in [3.63, 3.8) is 0 Å². The van der Waals surface area contributed by atoms with Crippen molar-refractivity contribution in [2.24, 2.45) is 29.6 Å². The summed E-state index contributed by atoms with van der Waals surface area (Å²) in [6, 6.07) is 23.8. The molecule has 10 heterocycles. The number of ether oxygens (including phenoxy) is 16. The molecule has 1 aromatic carbocycles. The van der Waals surface area contributed by atoms with Gasteiger partial charge in [-0.1, -0.05) is 99.6 Å². The number of aryl methyl sites for hydroxylation is 1. The fourth-order valence-electron chi connectivity index (χ4n) is 16.6. The van der Waals surface area contributed by atoms with Crippen LogP contribution in [-0.2, 0) is 130 Å². The maximum atomic E-state index is 13.1. The van der Waals surface area contributed by atoms with E-state index in [9.17, 15) is 65.9 Å². The molecule has 0 unspecified atom stereocenters. The Labute approximate surface area is 743 Å². The Bertz CT molecular complexity index is 4730. The van der Waals surface area contributed by atoms with E-state index in [0.29, 0.717) is 41.2 Å². The molecule has 0 radical (unpaired) electrons. The number of hydrogen-bond donors (Lipinski definition) is 0. The molecule has 5 aliphatic rings. The van der Waals surface area contributed by atoms with E-state index in [4.69, 9.17) is 75.8 Å². The van der Waals surface area contributed by atoms with Gasteiger partial charge in [0.2, 0.25) is 0 Å². The fourth-order valence-corrected chi connectivity index (χ4v) is 16.6. The Morgan fingerprint density at radius 2 is 0.617 bits per heavy atom. The van der Waals surface area contributed by atoms with E-state index < -0.39 is 175 Å². The van der Waals surface area contributed by atoms with Crippen LogP contribution in [0.15, 0.2) is 116 Å². The number of fused-ring (bicyclic) bond motifs is 1. The Morgan fingerprint density at radius 3 is 0.945 bits per heavy atom. The summed E-state index contributed by atoms with van der Waals surface area (Å²) in [6.45, 7) is 34.3. The molecule has 25 atom stereocenters. The number of hydrogen-bond acceptors (Lipinski definition) is 32. The van der Waals surface area contributed by atoms with E-state index in [1.54, 1.807) is 31.6 Å². The third-order valence-electron chi connectivity index (χ3n) is 22.3. The van der Waals surface area contributed by atoms with Gasteiger partial charge in [0, 0.05) is 135 Å². The van der Waals surface area contributed by atoms with Crippen molar-refractivity contribution in [3.8, 4) is 0 Å². The van der Waals surface area contributed by atoms with Crippen LogP contribution in [0.3, 0.4) is 0 Å². The lowest BCUT2D eigenvalue weighted by Gasteiger charge is -2.44. The first-order chi connectivity index (χ1) is 60.5. The SMILES string of the molecule is CC[C@H]1O[C@H](c2cc(C(=O)OC)ccn2)[C@H](OC(C)=O)[C@@H](OC(C)=O)[C@@H]1C.CC[C@H]1O[C@H](c2cc(C(F)(F)F)ccn2)[C@H](OC(C)=O)[C@@H](OC(C)=O)[C@@H]1C.CC[C@H]1O[C@H](c2cc(C)ccn2)[C@H](OC(C)=O)[C@@H](OC(C)=O)[C@@H]1C.CC[C@H]1O[C@H](c2ccccn2)[C@H](OC(C)=O)[C@@H](OC(C)=O)[C@@H]1C.CC[C@H]1O[C@H](c2nccc3ccccc23)[C@H](OC(C)=O)[C@@H](OC(C)=O)[C@@H]1C. The van der Waals surface area contributed by atoms with Crippen LogP contribution in [-0.4, -0.2) is 189 Å². The quantitative estimate of drug-likeness (QED) is 0.0477. The lowest BCUT2D eigenvalue weighted by atomic mass is 9.84. The molecule has 0 aliphatic carbocycles. The van der Waals surface area contributed by atoms with Crippen molar-refractivity contribution >= 4 is 76.4 Å². The zero-order valence-corrected chi connectivity index (χ0v) is 76.3. The van der Waals surface area contributed by atoms with Crippen LogP contribution < -0.4 is 0 Å². The molecule has 128 heavy (non-hydrogen) atoms. The van der Waals surface area contributed by atoms with Crippen molar-refractivity contribution in [2.45, 2.75) is 306 Å². The molecule has 5 aliphatic heterocycles. The van der Waals surface area contributed by atoms with Crippen molar-refractivity contribution in [1.29, 1.82) is 0 Å². The van der Waals surface area contributed by atoms with Crippen molar-refractivity contribution < 1.29 is 142 Å². The van der Waals surface area contributed by atoms with Gasteiger partial charge in [0.15, 0.2) is 30.5 Å². The molecular formula is C93H120F3N5O27. The molecular weight excluding hydrogens is 1680 g/mol. The van der Waals surface area contributed by atoms with Crippen LogP contribution in [0.5, 0.6) is 0 Å². The van der Waals surface area contributed by atoms with Gasteiger partial charge in [0.25, 0.3) is 0 Å². The van der Waals surface area contributed by atoms with E-state index in [0.717, 1.165) is 60.9 Å². The zero-order chi connectivity index (χ0) is 94.9. The predicted molar refractivity (Wildman–Crippen MR) is 451 cm³/mol. The van der Waals surface area contributed by atoms with Gasteiger partial charge in [0.1, 0.15) is 61.0 Å². The lowest BCUT2D eigenvalue weighted by Crippen LogP contribution is -2.53. The van der Waals surface area contributed by atoms with E-state index in [1.807, 2.05) is 124 Å². The molecule has 0 saturated carbocycles. The topological polar surface area (TPSA) is 400 Å². The van der Waals surface area contributed by atoms with Gasteiger partial charge in [-0.25, -0.2) is 4.79 Å². The Hall–Kier alpha value is -11.0. The number of esters is 11. The van der Waals surface area contributed by atoms with E-state index >= 15 is 0 Å². The predicted octanol–water partition coefficient (Wildman–Crippen LogP) is 14.4. The van der Waals surface area contributed by atoms with Crippen LogP contribution in [0.4, 0.5) is 13.2 Å². The smallest absolute Gasteiger partial charge is 0.416 e. The van der Waals surface area contributed by atoms with Crippen LogP contribution >= 0.6 is 0 Å². The zero-order valence-electron chi connectivity index (χ0n) is 76.3. The van der Waals surface area contributed by atoms with E-state index in [1.165, 1.54) is 87.8 Å². The summed E-state index contributed by atoms with van der Waals surface area (Å²) in [7, 11) is 1.28. The molecule has 700 valence electrons. The number of alkyl halides is 3. The van der Waals surface area contributed by atoms with Gasteiger partial charge < -0.3 is 75.8 Å². The minimum atomic E-state index is -4.56. The second-order valence-electron chi connectivity index (χ2n) is 31.9. The Balaban J connectivity index is 0.000000220. The molecule has 5 aromatic heterocycles. The molecule has 0 bridgehead atoms. The highest BCUT2D eigenvalue weighted by Gasteiger charge is 2.54. The number of carbonyl (C=O) groups is 11. The van der Waals surface area contributed by atoms with Gasteiger partial charge in [-0.2, -0.15) is 13.2 Å². The summed E-state index contributed by atoms with van der Waals surface area (Å²) in [6.07, 6.45) is -5.74. The normalized spacial score (nSPS) is 28.8. The van der Waals surface area contributed by atoms with Gasteiger partial charge in [-0.15, -0.1) is 0 Å². The molecule has 5 saturated heterocycles. The first kappa shape index (κ1) is 104. The lowest BCUT2D eigenvalue weighted by molar-refractivity contribution is -0.226. The number of aromatic nitrogens is 5. The van der Waals surface area contributed by atoms with Gasteiger partial charge in [0.05, 0.1) is 77.2 Å². The van der Waals surface area contributed by atoms with Gasteiger partial charge >= 0.3 is 71.8 Å². The maximum Gasteiger partial charge on any atom is 0.416 e. The summed E-state index contributed by atoms with van der Waals surface area (Å²) >= 11 is 0. The number of carbonyl (C=O) groups excluding carboxylic acids is 11. The fraction of sp³-hybridized carbons (Fsp3) is 0.570. The number of rotatable bonds is 21. The number of halogens is 3. The highest BCUT2D eigenvalue weighted by molar-refractivity contribution is 5.89. The third kappa shape index (κ3) is 28.2. The molecule has 11 rings (SSSR count). The second kappa shape index (κ2) is 48.4. The average Bonchev–Trinajstić information content (AvgIpc) is 0.862. The maximum absolute atomic E-state index is 13.1. The van der Waals surface area contributed by atoms with Crippen LogP contribution in [0.2, 0.25) is 0 Å². The summed E-state index contributed by atoms with van der Waals surface area (Å²) in [5, 5.41) is 1.94. The van der Waals surface area contributed by atoms with Crippen molar-refractivity contribution in [3.05, 3.63) is 161 Å². The second-order valence-corrected chi connectivity index (χ2v) is 31.9. The van der Waals surface area contributed by atoms with E-state index in [-0.39, 0.29) is 59.7 Å². The highest BCUT2D eigenvalue weighted by Crippen LogP contribution is 2.46. The number of benzene rings is 1. The number of pyridine rings is 5. The largest absolute Gasteiger partial charge is 0.465 e. The number of methoxy groups -OCH3 is 1. The van der Waals surface area contributed by atoms with Crippen molar-refractivity contribution in [1.82, 2.24) is 24.9 Å². The molecule has 5 fully saturated rings. The first-order valence-corrected chi connectivity index (χ1v) is 42.7. The van der Waals surface area contributed by atoms with E-state index in [2.05, 4.69) is 24.9 Å². The average molecular weight is 1800 g/mol. The molecule has 6 aromatic rings. The summed E-state index contributed by atoms with van der Waals surface area (Å²) in [4.78, 5) is 150. The van der Waals surface area contributed by atoms with Crippen LogP contribution in [0.25, 0.3) is 10.8 Å². The monoisotopic (exact) mass is 1800 g/mol. The molecule has 32 nitrogen and oxygen atoms in total. The van der Waals surface area contributed by atoms with Crippen LogP contribution in [0.1, 0.15) is 251 Å². The van der Waals surface area contributed by atoms with Crippen LogP contribution in [0, 0.1) is 36.5 Å². The highest BCUT2D eigenvalue weighted by atomic mass is 19.4.